The zero-order chi connectivity index (χ0) is 15.9. The molecule has 0 aliphatic heterocycles. The van der Waals surface area contributed by atoms with Crippen molar-refractivity contribution in [2.45, 2.75) is 19.8 Å². The molecule has 0 atom stereocenters. The van der Waals surface area contributed by atoms with Crippen LogP contribution in [0.5, 0.6) is 5.75 Å². The Labute approximate surface area is 131 Å². The molecule has 118 valence electrons. The summed E-state index contributed by atoms with van der Waals surface area (Å²) in [6.45, 7) is 1.48. The number of hydrogen-bond acceptors (Lipinski definition) is 4. The van der Waals surface area contributed by atoms with E-state index >= 15 is 0 Å². The second-order valence-corrected chi connectivity index (χ2v) is 5.18. The van der Waals surface area contributed by atoms with E-state index in [0.717, 1.165) is 27.8 Å². The molecular weight excluding hydrogens is 280 g/mol. The first-order chi connectivity index (χ1) is 10.7. The van der Waals surface area contributed by atoms with Crippen LogP contribution in [0.1, 0.15) is 16.7 Å². The lowest BCUT2D eigenvalue weighted by molar-refractivity contribution is 0.180. The van der Waals surface area contributed by atoms with Crippen LogP contribution < -0.4 is 0 Å². The van der Waals surface area contributed by atoms with Gasteiger partial charge in [-0.15, -0.1) is 0 Å². The quantitative estimate of drug-likeness (QED) is 0.850. The highest BCUT2D eigenvalue weighted by molar-refractivity contribution is 5.67. The van der Waals surface area contributed by atoms with E-state index in [1.807, 2.05) is 12.1 Å². The number of phenolic OH excluding ortho intramolecular Hbond substituents is 1. The fraction of sp³-hybridized carbons (Fsp3) is 0.333. The van der Waals surface area contributed by atoms with E-state index in [1.165, 1.54) is 0 Å². The molecule has 4 nitrogen and oxygen atoms in total. The minimum absolute atomic E-state index is 0.246. The molecule has 2 rings (SSSR count). The third-order valence-electron chi connectivity index (χ3n) is 3.39. The summed E-state index contributed by atoms with van der Waals surface area (Å²) >= 11 is 0. The molecule has 0 saturated heterocycles. The van der Waals surface area contributed by atoms with E-state index < -0.39 is 0 Å². The van der Waals surface area contributed by atoms with Gasteiger partial charge in [0, 0.05) is 26.9 Å². The van der Waals surface area contributed by atoms with Gasteiger partial charge < -0.3 is 19.3 Å². The molecule has 2 aromatic rings. The fourth-order valence-electron chi connectivity index (χ4n) is 2.47. The Hall–Kier alpha value is -1.88. The van der Waals surface area contributed by atoms with E-state index in [1.54, 1.807) is 27.4 Å². The third-order valence-corrected chi connectivity index (χ3v) is 3.39. The summed E-state index contributed by atoms with van der Waals surface area (Å²) in [5.74, 6) is 0.246. The van der Waals surface area contributed by atoms with Crippen molar-refractivity contribution in [1.29, 1.82) is 0 Å². The van der Waals surface area contributed by atoms with Gasteiger partial charge >= 0.3 is 0 Å². The summed E-state index contributed by atoms with van der Waals surface area (Å²) in [5, 5.41) is 9.87. The van der Waals surface area contributed by atoms with E-state index in [-0.39, 0.29) is 5.75 Å². The van der Waals surface area contributed by atoms with E-state index in [4.69, 9.17) is 14.2 Å². The third kappa shape index (κ3) is 4.07. The van der Waals surface area contributed by atoms with Crippen molar-refractivity contribution in [1.82, 2.24) is 0 Å². The Kier molecular flexibility index (Phi) is 5.95. The van der Waals surface area contributed by atoms with Crippen molar-refractivity contribution < 1.29 is 19.3 Å². The van der Waals surface area contributed by atoms with Crippen molar-refractivity contribution >= 4 is 0 Å². The highest BCUT2D eigenvalue weighted by Crippen LogP contribution is 2.28. The van der Waals surface area contributed by atoms with Crippen molar-refractivity contribution in [2.75, 3.05) is 21.3 Å². The molecule has 0 bridgehead atoms. The fourth-order valence-corrected chi connectivity index (χ4v) is 2.47. The monoisotopic (exact) mass is 302 g/mol. The van der Waals surface area contributed by atoms with Gasteiger partial charge in [0.05, 0.1) is 19.8 Å². The van der Waals surface area contributed by atoms with Gasteiger partial charge in [-0.1, -0.05) is 12.1 Å². The molecule has 1 N–H and O–H groups in total. The van der Waals surface area contributed by atoms with Crippen LogP contribution in [0.15, 0.2) is 36.4 Å². The van der Waals surface area contributed by atoms with E-state index in [9.17, 15) is 5.11 Å². The number of hydrogen-bond donors (Lipinski definition) is 1. The lowest BCUT2D eigenvalue weighted by Crippen LogP contribution is -1.95. The molecule has 0 saturated carbocycles. The highest BCUT2D eigenvalue weighted by Gasteiger charge is 2.07. The predicted octanol–water partition coefficient (Wildman–Crippen LogP) is 3.50. The van der Waals surface area contributed by atoms with Crippen molar-refractivity contribution in [3.63, 3.8) is 0 Å². The van der Waals surface area contributed by atoms with Crippen LogP contribution in [0, 0.1) is 0 Å². The number of rotatable bonds is 7. The lowest BCUT2D eigenvalue weighted by atomic mass is 9.98. The molecule has 0 heterocycles. The summed E-state index contributed by atoms with van der Waals surface area (Å²) in [5.41, 5.74) is 5.05. The van der Waals surface area contributed by atoms with Crippen molar-refractivity contribution in [3.05, 3.63) is 53.1 Å². The van der Waals surface area contributed by atoms with Crippen LogP contribution in [0.4, 0.5) is 0 Å². The first-order valence-corrected chi connectivity index (χ1v) is 7.10. The van der Waals surface area contributed by atoms with E-state index in [2.05, 4.69) is 18.2 Å². The maximum absolute atomic E-state index is 9.87. The summed E-state index contributed by atoms with van der Waals surface area (Å²) in [6, 6.07) is 11.8. The maximum atomic E-state index is 9.87. The smallest absolute Gasteiger partial charge is 0.121 e. The molecule has 0 fully saturated rings. The Morgan fingerprint density at radius 1 is 0.727 bits per heavy atom. The van der Waals surface area contributed by atoms with Crippen LogP contribution in [-0.4, -0.2) is 26.4 Å². The zero-order valence-electron chi connectivity index (χ0n) is 13.3. The van der Waals surface area contributed by atoms with Crippen LogP contribution in [-0.2, 0) is 34.0 Å². The summed E-state index contributed by atoms with van der Waals surface area (Å²) in [7, 11) is 4.97. The molecule has 0 radical (unpaired) electrons. The standard InChI is InChI=1S/C18H22O4/c1-20-10-13-6-14(11-21-2)8-16(7-13)15-4-5-18(19)17(9-15)12-22-3/h4-9,19H,10-12H2,1-3H3. The van der Waals surface area contributed by atoms with Crippen LogP contribution in [0.2, 0.25) is 0 Å². The molecule has 0 aliphatic rings. The second-order valence-electron chi connectivity index (χ2n) is 5.18. The first-order valence-electron chi connectivity index (χ1n) is 7.10. The number of benzene rings is 2. The molecule has 0 spiro atoms. The minimum atomic E-state index is 0.246. The molecule has 0 amide bonds. The molecule has 4 heteroatoms. The molecule has 0 aromatic heterocycles. The molecule has 0 unspecified atom stereocenters. The van der Waals surface area contributed by atoms with Crippen LogP contribution in [0.25, 0.3) is 11.1 Å². The van der Waals surface area contributed by atoms with Gasteiger partial charge in [-0.25, -0.2) is 0 Å². The second kappa shape index (κ2) is 7.94. The Morgan fingerprint density at radius 2 is 1.32 bits per heavy atom. The van der Waals surface area contributed by atoms with Gasteiger partial charge in [0.15, 0.2) is 0 Å². The molecule has 0 aliphatic carbocycles. The zero-order valence-corrected chi connectivity index (χ0v) is 13.3. The number of methoxy groups -OCH3 is 3. The van der Waals surface area contributed by atoms with Gasteiger partial charge in [-0.3, -0.25) is 0 Å². The number of phenols is 1. The molecular formula is C18H22O4. The highest BCUT2D eigenvalue weighted by atomic mass is 16.5. The van der Waals surface area contributed by atoms with Gasteiger partial charge in [-0.05, 0) is 46.5 Å². The average Bonchev–Trinajstić information content (AvgIpc) is 2.50. The normalized spacial score (nSPS) is 10.9. The largest absolute Gasteiger partial charge is 0.508 e. The van der Waals surface area contributed by atoms with Crippen molar-refractivity contribution in [2.24, 2.45) is 0 Å². The first kappa shape index (κ1) is 16.5. The summed E-state index contributed by atoms with van der Waals surface area (Å²) in [6.07, 6.45) is 0. The Morgan fingerprint density at radius 3 is 1.86 bits per heavy atom. The molecule has 2 aromatic carbocycles. The van der Waals surface area contributed by atoms with Crippen LogP contribution >= 0.6 is 0 Å². The van der Waals surface area contributed by atoms with E-state index in [0.29, 0.717) is 19.8 Å². The Bertz CT molecular complexity index is 598. The van der Waals surface area contributed by atoms with Gasteiger partial charge in [0.25, 0.3) is 0 Å². The Balaban J connectivity index is 2.43. The average molecular weight is 302 g/mol. The topological polar surface area (TPSA) is 47.9 Å². The van der Waals surface area contributed by atoms with Crippen LogP contribution in [0.3, 0.4) is 0 Å². The molecule has 22 heavy (non-hydrogen) atoms. The predicted molar refractivity (Wildman–Crippen MR) is 85.7 cm³/mol. The lowest BCUT2D eigenvalue weighted by Gasteiger charge is -2.11. The SMILES string of the molecule is COCc1cc(COC)cc(-c2ccc(O)c(COC)c2)c1. The summed E-state index contributed by atoms with van der Waals surface area (Å²) < 4.78 is 15.6. The maximum Gasteiger partial charge on any atom is 0.121 e. The number of aromatic hydroxyl groups is 1. The van der Waals surface area contributed by atoms with Gasteiger partial charge in [-0.2, -0.15) is 0 Å². The minimum Gasteiger partial charge on any atom is -0.508 e. The summed E-state index contributed by atoms with van der Waals surface area (Å²) in [4.78, 5) is 0. The van der Waals surface area contributed by atoms with Gasteiger partial charge in [0.1, 0.15) is 5.75 Å². The van der Waals surface area contributed by atoms with Crippen molar-refractivity contribution in [3.8, 4) is 16.9 Å². The van der Waals surface area contributed by atoms with Gasteiger partial charge in [0.2, 0.25) is 0 Å². The number of ether oxygens (including phenoxy) is 3.